The second-order valence-corrected chi connectivity index (χ2v) is 6.65. The van der Waals surface area contributed by atoms with Crippen LogP contribution in [0.25, 0.3) is 0 Å². The Morgan fingerprint density at radius 2 is 1.71 bits per heavy atom. The van der Waals surface area contributed by atoms with Gasteiger partial charge in [0, 0.05) is 13.1 Å². The number of carbonyl (C=O) groups excluding carboxylic acids is 1. The largest absolute Gasteiger partial charge is 0.388 e. The highest BCUT2D eigenvalue weighted by Gasteiger charge is 2.29. The summed E-state index contributed by atoms with van der Waals surface area (Å²) in [5.41, 5.74) is -0.675. The van der Waals surface area contributed by atoms with Crippen LogP contribution in [0, 0.1) is 0 Å². The summed E-state index contributed by atoms with van der Waals surface area (Å²) in [6.07, 6.45) is 9.79. The molecule has 2 fully saturated rings. The van der Waals surface area contributed by atoms with Gasteiger partial charge in [-0.15, -0.1) is 0 Å². The van der Waals surface area contributed by atoms with Crippen LogP contribution >= 0.6 is 0 Å². The second kappa shape index (κ2) is 8.59. The maximum absolute atomic E-state index is 11.7. The minimum absolute atomic E-state index is 0.143. The first kappa shape index (κ1) is 16.6. The maximum atomic E-state index is 11.7. The van der Waals surface area contributed by atoms with Crippen molar-refractivity contribution in [2.24, 2.45) is 0 Å². The van der Waals surface area contributed by atoms with Gasteiger partial charge < -0.3 is 20.6 Å². The van der Waals surface area contributed by atoms with Gasteiger partial charge in [0.15, 0.2) is 0 Å². The van der Waals surface area contributed by atoms with Gasteiger partial charge in [-0.05, 0) is 58.2 Å². The number of hydrogen-bond donors (Lipinski definition) is 3. The molecule has 0 aromatic rings. The van der Waals surface area contributed by atoms with Crippen molar-refractivity contribution in [3.8, 4) is 0 Å². The SMILES string of the molecule is O=C(NCCCCN1CCCC1)NCC1(O)CCCCC1. The number of aliphatic hydroxyl groups is 1. The zero-order valence-electron chi connectivity index (χ0n) is 13.2. The maximum Gasteiger partial charge on any atom is 0.314 e. The van der Waals surface area contributed by atoms with E-state index in [1.807, 2.05) is 0 Å². The first-order valence-corrected chi connectivity index (χ1v) is 8.64. The van der Waals surface area contributed by atoms with Gasteiger partial charge in [-0.2, -0.15) is 0 Å². The van der Waals surface area contributed by atoms with Crippen molar-refractivity contribution in [3.05, 3.63) is 0 Å². The van der Waals surface area contributed by atoms with Crippen molar-refractivity contribution in [3.63, 3.8) is 0 Å². The number of nitrogens with zero attached hydrogens (tertiary/aromatic N) is 1. The van der Waals surface area contributed by atoms with Crippen LogP contribution in [0.3, 0.4) is 0 Å². The van der Waals surface area contributed by atoms with E-state index in [0.29, 0.717) is 6.54 Å². The summed E-state index contributed by atoms with van der Waals surface area (Å²) in [6, 6.07) is -0.143. The van der Waals surface area contributed by atoms with Crippen molar-refractivity contribution < 1.29 is 9.90 Å². The molecule has 5 heteroatoms. The molecule has 5 nitrogen and oxygen atoms in total. The van der Waals surface area contributed by atoms with Gasteiger partial charge in [-0.1, -0.05) is 19.3 Å². The monoisotopic (exact) mass is 297 g/mol. The third-order valence-electron chi connectivity index (χ3n) is 4.75. The van der Waals surface area contributed by atoms with E-state index in [-0.39, 0.29) is 6.03 Å². The quantitative estimate of drug-likeness (QED) is 0.628. The lowest BCUT2D eigenvalue weighted by molar-refractivity contribution is 0.00720. The first-order valence-electron chi connectivity index (χ1n) is 8.64. The zero-order valence-corrected chi connectivity index (χ0v) is 13.2. The minimum atomic E-state index is -0.675. The normalized spacial score (nSPS) is 22.1. The van der Waals surface area contributed by atoms with Crippen LogP contribution in [0.5, 0.6) is 0 Å². The van der Waals surface area contributed by atoms with E-state index in [1.165, 1.54) is 32.4 Å². The Balaban J connectivity index is 1.47. The van der Waals surface area contributed by atoms with Crippen LogP contribution in [0.15, 0.2) is 0 Å². The molecule has 3 N–H and O–H groups in total. The Bertz CT molecular complexity index is 311. The molecule has 1 aliphatic heterocycles. The number of likely N-dealkylation sites (tertiary alicyclic amines) is 1. The molecule has 0 atom stereocenters. The number of rotatable bonds is 7. The van der Waals surface area contributed by atoms with Crippen molar-refractivity contribution in [1.29, 1.82) is 0 Å². The number of urea groups is 1. The molecular formula is C16H31N3O2. The predicted octanol–water partition coefficient (Wildman–Crippen LogP) is 1.86. The molecule has 0 bridgehead atoms. The van der Waals surface area contributed by atoms with Gasteiger partial charge in [0.2, 0.25) is 0 Å². The third kappa shape index (κ3) is 6.22. The predicted molar refractivity (Wildman–Crippen MR) is 84.3 cm³/mol. The average molecular weight is 297 g/mol. The number of nitrogens with one attached hydrogen (secondary N) is 2. The highest BCUT2D eigenvalue weighted by Crippen LogP contribution is 2.27. The molecule has 1 aliphatic carbocycles. The number of carbonyl (C=O) groups is 1. The molecule has 122 valence electrons. The van der Waals surface area contributed by atoms with Gasteiger partial charge in [0.1, 0.15) is 0 Å². The van der Waals surface area contributed by atoms with Gasteiger partial charge >= 0.3 is 6.03 Å². The second-order valence-electron chi connectivity index (χ2n) is 6.65. The van der Waals surface area contributed by atoms with E-state index < -0.39 is 5.60 Å². The summed E-state index contributed by atoms with van der Waals surface area (Å²) in [7, 11) is 0. The number of amides is 2. The lowest BCUT2D eigenvalue weighted by Gasteiger charge is -2.32. The lowest BCUT2D eigenvalue weighted by Crippen LogP contribution is -2.47. The van der Waals surface area contributed by atoms with E-state index in [9.17, 15) is 9.90 Å². The summed E-state index contributed by atoms with van der Waals surface area (Å²) < 4.78 is 0. The molecule has 0 aromatic heterocycles. The minimum Gasteiger partial charge on any atom is -0.388 e. The molecule has 1 heterocycles. The summed E-state index contributed by atoms with van der Waals surface area (Å²) in [5, 5.41) is 16.0. The molecule has 2 aliphatic rings. The standard InChI is InChI=1S/C16H31N3O2/c20-15(18-14-16(21)8-2-1-3-9-16)17-10-4-5-11-19-12-6-7-13-19/h21H,1-14H2,(H2,17,18,20). The highest BCUT2D eigenvalue weighted by molar-refractivity contribution is 5.73. The van der Waals surface area contributed by atoms with Crippen molar-refractivity contribution >= 4 is 6.03 Å². The molecule has 0 aromatic carbocycles. The van der Waals surface area contributed by atoms with Crippen LogP contribution in [-0.2, 0) is 0 Å². The molecule has 2 amide bonds. The highest BCUT2D eigenvalue weighted by atomic mass is 16.3. The van der Waals surface area contributed by atoms with Crippen LogP contribution in [0.2, 0.25) is 0 Å². The molecular weight excluding hydrogens is 266 g/mol. The van der Waals surface area contributed by atoms with Gasteiger partial charge in [0.05, 0.1) is 5.60 Å². The van der Waals surface area contributed by atoms with E-state index in [1.54, 1.807) is 0 Å². The third-order valence-corrected chi connectivity index (χ3v) is 4.75. The van der Waals surface area contributed by atoms with Gasteiger partial charge in [-0.3, -0.25) is 0 Å². The van der Waals surface area contributed by atoms with E-state index in [4.69, 9.17) is 0 Å². The molecule has 1 saturated heterocycles. The van der Waals surface area contributed by atoms with Crippen LogP contribution in [-0.4, -0.2) is 54.4 Å². The van der Waals surface area contributed by atoms with Crippen molar-refractivity contribution in [2.45, 2.75) is 63.4 Å². The van der Waals surface area contributed by atoms with Gasteiger partial charge in [0.25, 0.3) is 0 Å². The van der Waals surface area contributed by atoms with Gasteiger partial charge in [-0.25, -0.2) is 4.79 Å². The summed E-state index contributed by atoms with van der Waals surface area (Å²) >= 11 is 0. The van der Waals surface area contributed by atoms with E-state index in [0.717, 1.165) is 51.6 Å². The Labute approximate surface area is 128 Å². The fourth-order valence-corrected chi connectivity index (χ4v) is 3.36. The Morgan fingerprint density at radius 1 is 1.00 bits per heavy atom. The molecule has 0 radical (unpaired) electrons. The molecule has 21 heavy (non-hydrogen) atoms. The lowest BCUT2D eigenvalue weighted by atomic mass is 9.85. The van der Waals surface area contributed by atoms with Crippen molar-refractivity contribution in [2.75, 3.05) is 32.7 Å². The molecule has 0 unspecified atom stereocenters. The Hall–Kier alpha value is -0.810. The summed E-state index contributed by atoms with van der Waals surface area (Å²) in [5.74, 6) is 0. The first-order chi connectivity index (χ1) is 10.2. The summed E-state index contributed by atoms with van der Waals surface area (Å²) in [4.78, 5) is 14.2. The van der Waals surface area contributed by atoms with Crippen molar-refractivity contribution in [1.82, 2.24) is 15.5 Å². The topological polar surface area (TPSA) is 64.6 Å². The van der Waals surface area contributed by atoms with E-state index in [2.05, 4.69) is 15.5 Å². The Kier molecular flexibility index (Phi) is 6.77. The van der Waals surface area contributed by atoms with E-state index >= 15 is 0 Å². The number of unbranched alkanes of at least 4 members (excludes halogenated alkanes) is 1. The average Bonchev–Trinajstić information content (AvgIpc) is 2.99. The molecule has 1 saturated carbocycles. The Morgan fingerprint density at radius 3 is 2.43 bits per heavy atom. The number of hydrogen-bond acceptors (Lipinski definition) is 3. The molecule has 2 rings (SSSR count). The fraction of sp³-hybridized carbons (Fsp3) is 0.938. The van der Waals surface area contributed by atoms with Crippen LogP contribution in [0.1, 0.15) is 57.8 Å². The zero-order chi connectivity index (χ0) is 15.0. The van der Waals surface area contributed by atoms with Crippen LogP contribution < -0.4 is 10.6 Å². The molecule has 0 spiro atoms. The summed E-state index contributed by atoms with van der Waals surface area (Å²) in [6.45, 7) is 4.74. The smallest absolute Gasteiger partial charge is 0.314 e. The van der Waals surface area contributed by atoms with Crippen LogP contribution in [0.4, 0.5) is 4.79 Å². The fourth-order valence-electron chi connectivity index (χ4n) is 3.36.